The zero-order valence-corrected chi connectivity index (χ0v) is 6.42. The van der Waals surface area contributed by atoms with Gasteiger partial charge in [0.15, 0.2) is 0 Å². The monoisotopic (exact) mass is 163 g/mol. The van der Waals surface area contributed by atoms with Gasteiger partial charge in [0.05, 0.1) is 0 Å². The molecule has 0 spiro atoms. The normalized spacial score (nSPS) is 19.4. The molecule has 1 rings (SSSR count). The Morgan fingerprint density at radius 3 is 3.00 bits per heavy atom. The minimum atomic E-state index is 0.306. The first-order valence-corrected chi connectivity index (χ1v) is 3.49. The van der Waals surface area contributed by atoms with E-state index in [4.69, 9.17) is 0 Å². The predicted molar refractivity (Wildman–Crippen MR) is 33.7 cm³/mol. The fourth-order valence-electron chi connectivity index (χ4n) is 0.832. The molecule has 9 heavy (non-hydrogen) atoms. The van der Waals surface area contributed by atoms with Gasteiger partial charge in [0.2, 0.25) is 0 Å². The molecule has 0 aromatic carbocycles. The summed E-state index contributed by atoms with van der Waals surface area (Å²) >= 11 is 3.49. The second-order valence-electron chi connectivity index (χ2n) is 2.14. The molecular weight excluding hydrogens is 154 g/mol. The molecule has 0 heterocycles. The second kappa shape index (κ2) is 3.09. The van der Waals surface area contributed by atoms with E-state index in [1.165, 1.54) is 5.57 Å². The van der Waals surface area contributed by atoms with Crippen LogP contribution in [-0.2, 0) is 15.8 Å². The summed E-state index contributed by atoms with van der Waals surface area (Å²) in [7, 11) is 0. The molecule has 0 aromatic rings. The third kappa shape index (κ3) is 1.60. The molecule has 0 bridgehead atoms. The van der Waals surface area contributed by atoms with Crippen molar-refractivity contribution >= 4 is 0 Å². The quantitative estimate of drug-likeness (QED) is 0.552. The van der Waals surface area contributed by atoms with Gasteiger partial charge in [-0.15, -0.1) is 0 Å². The van der Waals surface area contributed by atoms with E-state index in [-0.39, 0.29) is 0 Å². The number of nitrogens with zero attached hydrogens (tertiary/aromatic N) is 1. The average molecular weight is 163 g/mol. The van der Waals surface area contributed by atoms with Gasteiger partial charge in [0.25, 0.3) is 0 Å². The first kappa shape index (κ1) is 6.91. The van der Waals surface area contributed by atoms with E-state index in [0.29, 0.717) is 6.04 Å². The number of allylic oxidation sites excluding steroid dienone is 3. The summed E-state index contributed by atoms with van der Waals surface area (Å²) in [5.74, 6) is 0. The Bertz CT molecular complexity index is 170. The maximum atomic E-state index is 3.91. The molecule has 0 fully saturated rings. The Kier molecular flexibility index (Phi) is 2.37. The van der Waals surface area contributed by atoms with Gasteiger partial charge < -0.3 is 0 Å². The predicted octanol–water partition coefficient (Wildman–Crippen LogP) is 1.99. The Labute approximate surface area is 63.5 Å². The van der Waals surface area contributed by atoms with Crippen LogP contribution < -0.4 is 0 Å². The number of hydrogen-bond donors (Lipinski definition) is 0. The number of rotatable bonds is 2. The van der Waals surface area contributed by atoms with Gasteiger partial charge in [-0.3, -0.25) is 0 Å². The summed E-state index contributed by atoms with van der Waals surface area (Å²) in [6.45, 7) is 2.06. The van der Waals surface area contributed by atoms with E-state index in [1.54, 1.807) is 0 Å². The van der Waals surface area contributed by atoms with Crippen molar-refractivity contribution in [1.29, 1.82) is 0 Å². The van der Waals surface area contributed by atoms with Crippen LogP contribution in [0.15, 0.2) is 27.8 Å². The van der Waals surface area contributed by atoms with Crippen LogP contribution in [0.1, 0.15) is 13.3 Å². The molecule has 2 heteroatoms. The van der Waals surface area contributed by atoms with Crippen molar-refractivity contribution in [2.24, 2.45) is 3.96 Å². The van der Waals surface area contributed by atoms with Crippen LogP contribution in [0.3, 0.4) is 0 Å². The Morgan fingerprint density at radius 1 is 1.78 bits per heavy atom. The Morgan fingerprint density at radius 2 is 2.56 bits per heavy atom. The number of hydrogen-bond acceptors (Lipinski definition) is 1. The molecule has 1 aliphatic carbocycles. The second-order valence-corrected chi connectivity index (χ2v) is 2.43. The topological polar surface area (TPSA) is 12.4 Å². The van der Waals surface area contributed by atoms with Crippen LogP contribution >= 0.6 is 0 Å². The van der Waals surface area contributed by atoms with Gasteiger partial charge in [0.1, 0.15) is 0 Å². The molecule has 0 aromatic heterocycles. The SMILES string of the molecule is CC([N]=[Fe+])C1=CC=CC1. The van der Waals surface area contributed by atoms with E-state index in [1.807, 2.05) is 0 Å². The van der Waals surface area contributed by atoms with Crippen LogP contribution in [0, 0.1) is 0 Å². The molecule has 1 nitrogen and oxygen atoms in total. The van der Waals surface area contributed by atoms with E-state index in [0.717, 1.165) is 6.42 Å². The Balaban J connectivity index is 2.54. The summed E-state index contributed by atoms with van der Waals surface area (Å²) in [5, 5.41) is 0. The van der Waals surface area contributed by atoms with Gasteiger partial charge in [-0.05, 0) is 0 Å². The minimum absolute atomic E-state index is 0.306. The fraction of sp³-hybridized carbons (Fsp3) is 0.429. The van der Waals surface area contributed by atoms with Crippen LogP contribution in [0.4, 0.5) is 0 Å². The molecule has 0 amide bonds. The van der Waals surface area contributed by atoms with E-state index < -0.39 is 0 Å². The van der Waals surface area contributed by atoms with Gasteiger partial charge in [-0.25, -0.2) is 0 Å². The van der Waals surface area contributed by atoms with Crippen molar-refractivity contribution in [2.75, 3.05) is 0 Å². The van der Waals surface area contributed by atoms with E-state index in [2.05, 4.69) is 44.9 Å². The molecule has 1 unspecified atom stereocenters. The van der Waals surface area contributed by atoms with Gasteiger partial charge >= 0.3 is 63.0 Å². The summed E-state index contributed by atoms with van der Waals surface area (Å²) in [6.07, 6.45) is 7.37. The van der Waals surface area contributed by atoms with Gasteiger partial charge in [0, 0.05) is 0 Å². The molecule has 0 saturated heterocycles. The molecule has 0 radical (unpaired) electrons. The van der Waals surface area contributed by atoms with Crippen molar-refractivity contribution in [2.45, 2.75) is 19.4 Å². The molecular formula is C7H9FeN+. The van der Waals surface area contributed by atoms with Crippen molar-refractivity contribution in [3.63, 3.8) is 0 Å². The molecule has 0 N–H and O–H groups in total. The van der Waals surface area contributed by atoms with Crippen molar-refractivity contribution in [3.8, 4) is 0 Å². The molecule has 49 valence electrons. The summed E-state index contributed by atoms with van der Waals surface area (Å²) in [4.78, 5) is 0. The first-order chi connectivity index (χ1) is 4.34. The first-order valence-electron chi connectivity index (χ1n) is 3.00. The molecule has 1 atom stereocenters. The third-order valence-corrected chi connectivity index (χ3v) is 1.90. The van der Waals surface area contributed by atoms with Crippen LogP contribution in [0.25, 0.3) is 0 Å². The standard InChI is InChI=1S/C7H9N.Fe/c1-6(8)7-4-2-3-5-7;/h2-4,6H,5H2,1H3;/q;+1. The van der Waals surface area contributed by atoms with Crippen molar-refractivity contribution in [1.82, 2.24) is 0 Å². The fourth-order valence-corrected chi connectivity index (χ4v) is 1.02. The van der Waals surface area contributed by atoms with Crippen molar-refractivity contribution in [3.05, 3.63) is 23.8 Å². The summed E-state index contributed by atoms with van der Waals surface area (Å²) in [5.41, 5.74) is 1.37. The van der Waals surface area contributed by atoms with Crippen LogP contribution in [-0.4, -0.2) is 6.04 Å². The zero-order chi connectivity index (χ0) is 6.69. The van der Waals surface area contributed by atoms with Crippen molar-refractivity contribution < 1.29 is 15.8 Å². The maximum absolute atomic E-state index is 3.91. The van der Waals surface area contributed by atoms with Crippen LogP contribution in [0.2, 0.25) is 0 Å². The average Bonchev–Trinajstić information content (AvgIpc) is 2.37. The van der Waals surface area contributed by atoms with E-state index in [9.17, 15) is 0 Å². The molecule has 0 saturated carbocycles. The van der Waals surface area contributed by atoms with E-state index >= 15 is 0 Å². The summed E-state index contributed by atoms with van der Waals surface area (Å²) in [6, 6.07) is 0.306. The summed E-state index contributed by atoms with van der Waals surface area (Å²) < 4.78 is 3.91. The third-order valence-electron chi connectivity index (χ3n) is 1.47. The van der Waals surface area contributed by atoms with Gasteiger partial charge in [-0.2, -0.15) is 0 Å². The zero-order valence-electron chi connectivity index (χ0n) is 5.32. The van der Waals surface area contributed by atoms with Gasteiger partial charge in [-0.1, -0.05) is 0 Å². The molecule has 1 aliphatic rings. The van der Waals surface area contributed by atoms with Crippen LogP contribution in [0.5, 0.6) is 0 Å². The molecule has 0 aliphatic heterocycles. The Hall–Kier alpha value is -0.201.